The van der Waals surface area contributed by atoms with E-state index < -0.39 is 0 Å². The molecule has 0 bridgehead atoms. The predicted octanol–water partition coefficient (Wildman–Crippen LogP) is 2.22. The zero-order valence-electron chi connectivity index (χ0n) is 11.3. The van der Waals surface area contributed by atoms with Gasteiger partial charge in [-0.1, -0.05) is 12.1 Å². The molecule has 1 aliphatic heterocycles. The number of hydrogen-bond donors (Lipinski definition) is 2. The van der Waals surface area contributed by atoms with Crippen LogP contribution in [-0.4, -0.2) is 25.0 Å². The number of carbonyl (C=O) groups excluding carboxylic acids is 1. The Kier molecular flexibility index (Phi) is 5.00. The second-order valence-corrected chi connectivity index (χ2v) is 5.55. The summed E-state index contributed by atoms with van der Waals surface area (Å²) in [7, 11) is 0. The van der Waals surface area contributed by atoms with Crippen molar-refractivity contribution in [1.82, 2.24) is 10.6 Å². The van der Waals surface area contributed by atoms with Gasteiger partial charge in [0.15, 0.2) is 0 Å². The summed E-state index contributed by atoms with van der Waals surface area (Å²) in [5.41, 5.74) is 1.07. The van der Waals surface area contributed by atoms with Crippen LogP contribution in [0.25, 0.3) is 0 Å². The van der Waals surface area contributed by atoms with Gasteiger partial charge in [0, 0.05) is 18.5 Å². The topological polar surface area (TPSA) is 41.1 Å². The average Bonchev–Trinajstić information content (AvgIpc) is 3.21. The van der Waals surface area contributed by atoms with Gasteiger partial charge in [-0.25, -0.2) is 4.39 Å². The van der Waals surface area contributed by atoms with E-state index in [1.54, 1.807) is 12.1 Å². The molecule has 1 saturated heterocycles. The molecule has 0 spiro atoms. The highest BCUT2D eigenvalue weighted by Gasteiger charge is 2.44. The van der Waals surface area contributed by atoms with Crippen LogP contribution >= 0.6 is 12.4 Å². The number of nitrogens with one attached hydrogen (secondary N) is 2. The summed E-state index contributed by atoms with van der Waals surface area (Å²) in [5.74, 6) is 0.284. The van der Waals surface area contributed by atoms with Gasteiger partial charge < -0.3 is 10.6 Å². The summed E-state index contributed by atoms with van der Waals surface area (Å²) in [6.07, 6.45) is 3.07. The molecule has 1 aromatic carbocycles. The lowest BCUT2D eigenvalue weighted by Gasteiger charge is -2.23. The second kappa shape index (κ2) is 6.55. The Morgan fingerprint density at radius 3 is 2.70 bits per heavy atom. The van der Waals surface area contributed by atoms with Crippen LogP contribution in [0.5, 0.6) is 0 Å². The van der Waals surface area contributed by atoms with E-state index in [1.165, 1.54) is 12.1 Å². The zero-order chi connectivity index (χ0) is 13.2. The molecule has 1 amide bonds. The molecule has 1 saturated carbocycles. The average molecular weight is 299 g/mol. The summed E-state index contributed by atoms with van der Waals surface area (Å²) in [4.78, 5) is 12.1. The predicted molar refractivity (Wildman–Crippen MR) is 78.5 cm³/mol. The maximum Gasteiger partial charge on any atom is 0.224 e. The first-order valence-corrected chi connectivity index (χ1v) is 7.00. The van der Waals surface area contributed by atoms with Crippen molar-refractivity contribution in [3.05, 3.63) is 35.6 Å². The SMILES string of the molecule is Cl.O=C(NC1CCCNC1)C1CC1c1ccc(F)cc1. The fraction of sp³-hybridized carbons (Fsp3) is 0.533. The minimum Gasteiger partial charge on any atom is -0.352 e. The lowest BCUT2D eigenvalue weighted by Crippen LogP contribution is -2.46. The van der Waals surface area contributed by atoms with Crippen LogP contribution < -0.4 is 10.6 Å². The molecule has 1 heterocycles. The lowest BCUT2D eigenvalue weighted by atomic mass is 10.1. The van der Waals surface area contributed by atoms with Crippen LogP contribution in [0.4, 0.5) is 4.39 Å². The van der Waals surface area contributed by atoms with Crippen molar-refractivity contribution in [1.29, 1.82) is 0 Å². The molecular formula is C15H20ClFN2O. The number of piperidine rings is 1. The van der Waals surface area contributed by atoms with E-state index in [0.717, 1.165) is 37.9 Å². The van der Waals surface area contributed by atoms with Gasteiger partial charge in [-0.3, -0.25) is 4.79 Å². The van der Waals surface area contributed by atoms with Crippen molar-refractivity contribution in [2.24, 2.45) is 5.92 Å². The standard InChI is InChI=1S/C15H19FN2O.ClH/c16-11-5-3-10(4-6-11)13-8-14(13)15(19)18-12-2-1-7-17-9-12;/h3-6,12-14,17H,1-2,7-9H2,(H,18,19);1H. The molecule has 5 heteroatoms. The minimum atomic E-state index is -0.223. The number of hydrogen-bond acceptors (Lipinski definition) is 2. The molecule has 3 unspecified atom stereocenters. The summed E-state index contributed by atoms with van der Waals surface area (Å²) >= 11 is 0. The van der Waals surface area contributed by atoms with Gasteiger partial charge in [-0.15, -0.1) is 12.4 Å². The maximum absolute atomic E-state index is 12.8. The van der Waals surface area contributed by atoms with E-state index >= 15 is 0 Å². The van der Waals surface area contributed by atoms with Gasteiger partial charge >= 0.3 is 0 Å². The number of rotatable bonds is 3. The van der Waals surface area contributed by atoms with Crippen LogP contribution in [-0.2, 0) is 4.79 Å². The highest BCUT2D eigenvalue weighted by molar-refractivity contribution is 5.85. The molecule has 0 aromatic heterocycles. The van der Waals surface area contributed by atoms with Crippen molar-refractivity contribution in [3.63, 3.8) is 0 Å². The molecule has 20 heavy (non-hydrogen) atoms. The molecule has 2 fully saturated rings. The van der Waals surface area contributed by atoms with Crippen molar-refractivity contribution in [3.8, 4) is 0 Å². The van der Waals surface area contributed by atoms with E-state index in [1.807, 2.05) is 0 Å². The smallest absolute Gasteiger partial charge is 0.224 e. The van der Waals surface area contributed by atoms with E-state index in [0.29, 0.717) is 0 Å². The van der Waals surface area contributed by atoms with Crippen molar-refractivity contribution >= 4 is 18.3 Å². The van der Waals surface area contributed by atoms with Gasteiger partial charge in [0.2, 0.25) is 5.91 Å². The van der Waals surface area contributed by atoms with Gasteiger partial charge in [0.05, 0.1) is 0 Å². The number of halogens is 2. The minimum absolute atomic E-state index is 0. The number of carbonyl (C=O) groups is 1. The highest BCUT2D eigenvalue weighted by atomic mass is 35.5. The zero-order valence-corrected chi connectivity index (χ0v) is 12.1. The molecule has 1 aromatic rings. The molecule has 3 rings (SSSR count). The third-order valence-corrected chi connectivity index (χ3v) is 4.07. The van der Waals surface area contributed by atoms with Gasteiger partial charge in [0.25, 0.3) is 0 Å². The summed E-state index contributed by atoms with van der Waals surface area (Å²) in [6, 6.07) is 6.78. The fourth-order valence-corrected chi connectivity index (χ4v) is 2.85. The van der Waals surface area contributed by atoms with Crippen LogP contribution in [0, 0.1) is 11.7 Å². The molecule has 1 aliphatic carbocycles. The second-order valence-electron chi connectivity index (χ2n) is 5.55. The molecule has 2 N–H and O–H groups in total. The monoisotopic (exact) mass is 298 g/mol. The Balaban J connectivity index is 0.00000147. The molecule has 0 radical (unpaired) electrons. The van der Waals surface area contributed by atoms with Crippen molar-refractivity contribution in [2.45, 2.75) is 31.2 Å². The van der Waals surface area contributed by atoms with Crippen LogP contribution in [0.2, 0.25) is 0 Å². The summed E-state index contributed by atoms with van der Waals surface area (Å²) in [6.45, 7) is 1.92. The first kappa shape index (κ1) is 15.3. The molecule has 3 atom stereocenters. The van der Waals surface area contributed by atoms with E-state index in [9.17, 15) is 9.18 Å². The summed E-state index contributed by atoms with van der Waals surface area (Å²) in [5, 5.41) is 6.41. The Labute approximate surface area is 124 Å². The third-order valence-electron chi connectivity index (χ3n) is 4.07. The molecular weight excluding hydrogens is 279 g/mol. The molecule has 3 nitrogen and oxygen atoms in total. The van der Waals surface area contributed by atoms with E-state index in [4.69, 9.17) is 0 Å². The maximum atomic E-state index is 12.8. The van der Waals surface area contributed by atoms with Gasteiger partial charge in [-0.2, -0.15) is 0 Å². The van der Waals surface area contributed by atoms with E-state index in [2.05, 4.69) is 10.6 Å². The Bertz CT molecular complexity index is 459. The highest BCUT2D eigenvalue weighted by Crippen LogP contribution is 2.47. The van der Waals surface area contributed by atoms with Crippen LogP contribution in [0.15, 0.2) is 24.3 Å². The third kappa shape index (κ3) is 3.49. The largest absolute Gasteiger partial charge is 0.352 e. The Hall–Kier alpha value is -1.13. The normalized spacial score (nSPS) is 28.4. The number of amides is 1. The van der Waals surface area contributed by atoms with Crippen LogP contribution in [0.3, 0.4) is 0 Å². The van der Waals surface area contributed by atoms with E-state index in [-0.39, 0.29) is 42.0 Å². The Morgan fingerprint density at radius 2 is 2.05 bits per heavy atom. The fourth-order valence-electron chi connectivity index (χ4n) is 2.85. The van der Waals surface area contributed by atoms with Gasteiger partial charge in [-0.05, 0) is 49.4 Å². The summed E-state index contributed by atoms with van der Waals surface area (Å²) < 4.78 is 12.8. The van der Waals surface area contributed by atoms with Crippen LogP contribution in [0.1, 0.15) is 30.7 Å². The molecule has 110 valence electrons. The number of benzene rings is 1. The first-order chi connectivity index (χ1) is 9.24. The van der Waals surface area contributed by atoms with Gasteiger partial charge in [0.1, 0.15) is 5.82 Å². The lowest BCUT2D eigenvalue weighted by molar-refractivity contribution is -0.123. The Morgan fingerprint density at radius 1 is 1.30 bits per heavy atom. The van der Waals surface area contributed by atoms with Crippen molar-refractivity contribution in [2.75, 3.05) is 13.1 Å². The van der Waals surface area contributed by atoms with Crippen molar-refractivity contribution < 1.29 is 9.18 Å². The quantitative estimate of drug-likeness (QED) is 0.898. The molecule has 2 aliphatic rings. The first-order valence-electron chi connectivity index (χ1n) is 7.00.